The van der Waals surface area contributed by atoms with Gasteiger partial charge in [-0.2, -0.15) is 0 Å². The first-order chi connectivity index (χ1) is 9.22. The van der Waals surface area contributed by atoms with Crippen molar-refractivity contribution in [3.8, 4) is 0 Å². The number of ether oxygens (including phenoxy) is 1. The van der Waals surface area contributed by atoms with E-state index in [4.69, 9.17) is 9.84 Å². The van der Waals surface area contributed by atoms with Crippen LogP contribution < -0.4 is 0 Å². The third kappa shape index (κ3) is 10.8. The molecule has 2 fully saturated rings. The molecule has 2 aliphatic rings. The molecule has 2 nitrogen and oxygen atoms in total. The predicted molar refractivity (Wildman–Crippen MR) is 87.8 cm³/mol. The molecule has 2 rings (SSSR count). The van der Waals surface area contributed by atoms with Crippen LogP contribution in [0.1, 0.15) is 71.6 Å². The van der Waals surface area contributed by atoms with E-state index in [0.717, 1.165) is 25.3 Å². The molecule has 2 saturated carbocycles. The van der Waals surface area contributed by atoms with Gasteiger partial charge in [-0.15, -0.1) is 9.24 Å². The van der Waals surface area contributed by atoms with Gasteiger partial charge in [-0.05, 0) is 57.0 Å². The SMILES string of the molecule is CCOC1CCC(C)CC1.CO.PC1CCCCC1. The molecule has 19 heavy (non-hydrogen) atoms. The number of hydrogen-bond donors (Lipinski definition) is 1. The van der Waals surface area contributed by atoms with Gasteiger partial charge in [-0.25, -0.2) is 0 Å². The summed E-state index contributed by atoms with van der Waals surface area (Å²) in [5, 5.41) is 7.00. The Bertz CT molecular complexity index is 174. The summed E-state index contributed by atoms with van der Waals surface area (Å²) >= 11 is 0. The third-order valence-electron chi connectivity index (χ3n) is 4.02. The van der Waals surface area contributed by atoms with E-state index in [1.807, 2.05) is 0 Å². The molecule has 2 aliphatic carbocycles. The van der Waals surface area contributed by atoms with Crippen LogP contribution in [-0.4, -0.2) is 30.6 Å². The van der Waals surface area contributed by atoms with Crippen molar-refractivity contribution in [1.82, 2.24) is 0 Å². The zero-order valence-electron chi connectivity index (χ0n) is 13.2. The van der Waals surface area contributed by atoms with E-state index < -0.39 is 0 Å². The Balaban J connectivity index is 0.000000316. The molecule has 0 aromatic heterocycles. The Labute approximate surface area is 122 Å². The summed E-state index contributed by atoms with van der Waals surface area (Å²) in [6, 6.07) is 0. The molecule has 0 aromatic rings. The molecular formula is C16H35O2P. The summed E-state index contributed by atoms with van der Waals surface area (Å²) in [7, 11) is 3.91. The summed E-state index contributed by atoms with van der Waals surface area (Å²) in [4.78, 5) is 0. The van der Waals surface area contributed by atoms with Gasteiger partial charge in [0.05, 0.1) is 6.10 Å². The number of hydrogen-bond acceptors (Lipinski definition) is 2. The van der Waals surface area contributed by atoms with E-state index in [9.17, 15) is 0 Å². The van der Waals surface area contributed by atoms with Crippen molar-refractivity contribution in [2.24, 2.45) is 5.92 Å². The molecule has 0 aromatic carbocycles. The van der Waals surface area contributed by atoms with Crippen LogP contribution in [0.5, 0.6) is 0 Å². The van der Waals surface area contributed by atoms with Gasteiger partial charge in [0, 0.05) is 13.7 Å². The first-order valence-corrected chi connectivity index (χ1v) is 8.71. The molecule has 1 N–H and O–H groups in total. The van der Waals surface area contributed by atoms with Gasteiger partial charge in [0.15, 0.2) is 0 Å². The molecule has 0 bridgehead atoms. The van der Waals surface area contributed by atoms with Crippen molar-refractivity contribution < 1.29 is 9.84 Å². The molecule has 0 aliphatic heterocycles. The normalized spacial score (nSPS) is 27.6. The van der Waals surface area contributed by atoms with Crippen molar-refractivity contribution in [3.63, 3.8) is 0 Å². The molecule has 0 saturated heterocycles. The molecule has 1 unspecified atom stereocenters. The molecule has 0 heterocycles. The summed E-state index contributed by atoms with van der Waals surface area (Å²) in [6.45, 7) is 5.30. The maximum Gasteiger partial charge on any atom is 0.0575 e. The Morgan fingerprint density at radius 2 is 1.47 bits per heavy atom. The van der Waals surface area contributed by atoms with E-state index in [0.29, 0.717) is 6.10 Å². The van der Waals surface area contributed by atoms with Crippen LogP contribution in [-0.2, 0) is 4.74 Å². The van der Waals surface area contributed by atoms with Crippen LogP contribution in [0.15, 0.2) is 0 Å². The van der Waals surface area contributed by atoms with Gasteiger partial charge in [0.2, 0.25) is 0 Å². The predicted octanol–water partition coefficient (Wildman–Crippen LogP) is 4.40. The zero-order valence-corrected chi connectivity index (χ0v) is 14.4. The van der Waals surface area contributed by atoms with Crippen LogP contribution in [0, 0.1) is 5.92 Å². The number of aliphatic hydroxyl groups is 1. The van der Waals surface area contributed by atoms with Crippen molar-refractivity contribution in [2.75, 3.05) is 13.7 Å². The van der Waals surface area contributed by atoms with Gasteiger partial charge in [-0.1, -0.05) is 26.2 Å². The second-order valence-electron chi connectivity index (χ2n) is 5.74. The average molecular weight is 290 g/mol. The minimum atomic E-state index is 0.584. The monoisotopic (exact) mass is 290 g/mol. The summed E-state index contributed by atoms with van der Waals surface area (Å²) in [5.41, 5.74) is 0.953. The van der Waals surface area contributed by atoms with Crippen LogP contribution in [0.2, 0.25) is 0 Å². The van der Waals surface area contributed by atoms with Crippen molar-refractivity contribution in [3.05, 3.63) is 0 Å². The van der Waals surface area contributed by atoms with Gasteiger partial charge < -0.3 is 9.84 Å². The molecule has 3 heteroatoms. The van der Waals surface area contributed by atoms with E-state index in [2.05, 4.69) is 23.1 Å². The number of rotatable bonds is 2. The van der Waals surface area contributed by atoms with Crippen molar-refractivity contribution in [2.45, 2.75) is 83.4 Å². The molecule has 1 atom stereocenters. The second-order valence-corrected chi connectivity index (χ2v) is 6.68. The first-order valence-electron chi connectivity index (χ1n) is 8.04. The maximum atomic E-state index is 7.00. The lowest BCUT2D eigenvalue weighted by molar-refractivity contribution is 0.0276. The minimum Gasteiger partial charge on any atom is -0.400 e. The first kappa shape index (κ1) is 19.4. The fraction of sp³-hybridized carbons (Fsp3) is 1.00. The highest BCUT2D eigenvalue weighted by Crippen LogP contribution is 2.25. The largest absolute Gasteiger partial charge is 0.400 e. The van der Waals surface area contributed by atoms with Crippen molar-refractivity contribution >= 4 is 9.24 Å². The second kappa shape index (κ2) is 13.3. The summed E-state index contributed by atoms with van der Waals surface area (Å²) < 4.78 is 5.53. The lowest BCUT2D eigenvalue weighted by Gasteiger charge is -2.25. The smallest absolute Gasteiger partial charge is 0.0575 e. The summed E-state index contributed by atoms with van der Waals surface area (Å²) in [6.07, 6.45) is 13.2. The molecular weight excluding hydrogens is 255 g/mol. The zero-order chi connectivity index (χ0) is 14.5. The van der Waals surface area contributed by atoms with Gasteiger partial charge >= 0.3 is 0 Å². The van der Waals surface area contributed by atoms with Gasteiger partial charge in [0.25, 0.3) is 0 Å². The molecule has 0 radical (unpaired) electrons. The fourth-order valence-electron chi connectivity index (χ4n) is 2.77. The standard InChI is InChI=1S/C9H18O.C6H13P.CH4O/c1-3-10-9-6-4-8(2)5-7-9;7-6-4-2-1-3-5-6;1-2/h8-9H,3-7H2,1-2H3;6H,1-5,7H2;2H,1H3. The Kier molecular flexibility index (Phi) is 13.6. The third-order valence-corrected chi connectivity index (χ3v) is 4.68. The maximum absolute atomic E-state index is 7.00. The highest BCUT2D eigenvalue weighted by Gasteiger charge is 2.17. The van der Waals surface area contributed by atoms with Crippen LogP contribution in [0.25, 0.3) is 0 Å². The van der Waals surface area contributed by atoms with Crippen LogP contribution in [0.4, 0.5) is 0 Å². The average Bonchev–Trinajstić information content (AvgIpc) is 2.45. The van der Waals surface area contributed by atoms with Crippen LogP contribution in [0.3, 0.4) is 0 Å². The fourth-order valence-corrected chi connectivity index (χ4v) is 3.24. The Hall–Kier alpha value is 0.350. The lowest BCUT2D eigenvalue weighted by atomic mass is 9.89. The highest BCUT2D eigenvalue weighted by atomic mass is 31.0. The minimum absolute atomic E-state index is 0.584. The molecule has 0 amide bonds. The van der Waals surface area contributed by atoms with Gasteiger partial charge in [0.1, 0.15) is 0 Å². The highest BCUT2D eigenvalue weighted by molar-refractivity contribution is 7.17. The van der Waals surface area contributed by atoms with Crippen molar-refractivity contribution in [1.29, 1.82) is 0 Å². The Morgan fingerprint density at radius 1 is 0.947 bits per heavy atom. The van der Waals surface area contributed by atoms with Gasteiger partial charge in [-0.3, -0.25) is 0 Å². The van der Waals surface area contributed by atoms with E-state index in [1.165, 1.54) is 57.8 Å². The van der Waals surface area contributed by atoms with E-state index in [1.54, 1.807) is 0 Å². The molecule has 0 spiro atoms. The van der Waals surface area contributed by atoms with E-state index in [-0.39, 0.29) is 0 Å². The quantitative estimate of drug-likeness (QED) is 0.764. The topological polar surface area (TPSA) is 29.5 Å². The van der Waals surface area contributed by atoms with Crippen LogP contribution >= 0.6 is 9.24 Å². The summed E-state index contributed by atoms with van der Waals surface area (Å²) in [5.74, 6) is 0.941. The number of aliphatic hydroxyl groups excluding tert-OH is 1. The molecule has 116 valence electrons. The lowest BCUT2D eigenvalue weighted by Crippen LogP contribution is -2.20. The van der Waals surface area contributed by atoms with E-state index >= 15 is 0 Å². The Morgan fingerprint density at radius 3 is 1.84 bits per heavy atom.